The summed E-state index contributed by atoms with van der Waals surface area (Å²) in [4.78, 5) is 1.80. The zero-order chi connectivity index (χ0) is 15.5. The van der Waals surface area contributed by atoms with Crippen molar-refractivity contribution in [3.63, 3.8) is 0 Å². The fourth-order valence-corrected chi connectivity index (χ4v) is 2.62. The molecule has 4 nitrogen and oxygen atoms in total. The molecule has 2 rings (SSSR count). The quantitative estimate of drug-likeness (QED) is 0.884. The van der Waals surface area contributed by atoms with Gasteiger partial charge in [-0.2, -0.15) is 13.2 Å². The Morgan fingerprint density at radius 2 is 1.95 bits per heavy atom. The minimum atomic E-state index is -4.27. The number of nitrogens with one attached hydrogen (secondary N) is 1. The van der Waals surface area contributed by atoms with Gasteiger partial charge < -0.3 is 15.2 Å². The van der Waals surface area contributed by atoms with Crippen LogP contribution in [0.1, 0.15) is 18.0 Å². The number of piperazine rings is 1. The predicted octanol–water partition coefficient (Wildman–Crippen LogP) is 2.72. The van der Waals surface area contributed by atoms with Crippen LogP contribution in [0.25, 0.3) is 0 Å². The van der Waals surface area contributed by atoms with Gasteiger partial charge in [0.05, 0.1) is 13.5 Å². The number of methoxy groups -OCH3 is 1. The van der Waals surface area contributed by atoms with E-state index < -0.39 is 18.6 Å². The minimum Gasteiger partial charge on any atom is -0.508 e. The Balaban J connectivity index is 0.00000242. The van der Waals surface area contributed by atoms with Gasteiger partial charge >= 0.3 is 6.18 Å². The lowest BCUT2D eigenvalue weighted by Crippen LogP contribution is -2.46. The molecule has 1 aromatic carbocycles. The molecule has 0 aliphatic carbocycles. The molecule has 0 bridgehead atoms. The molecule has 8 heteroatoms. The first-order chi connectivity index (χ1) is 9.90. The molecule has 1 heterocycles. The van der Waals surface area contributed by atoms with E-state index in [1.165, 1.54) is 25.3 Å². The van der Waals surface area contributed by atoms with E-state index >= 15 is 0 Å². The second-order valence-corrected chi connectivity index (χ2v) is 5.05. The second kappa shape index (κ2) is 7.89. The lowest BCUT2D eigenvalue weighted by Gasteiger charge is -2.36. The highest BCUT2D eigenvalue weighted by Gasteiger charge is 2.37. The summed E-state index contributed by atoms with van der Waals surface area (Å²) in [5.74, 6) is 0.254. The number of benzene rings is 1. The van der Waals surface area contributed by atoms with Crippen LogP contribution in [0.2, 0.25) is 0 Å². The maximum atomic E-state index is 12.9. The van der Waals surface area contributed by atoms with Gasteiger partial charge in [0.2, 0.25) is 0 Å². The fraction of sp³-hybridized carbons (Fsp3) is 0.571. The molecule has 0 saturated carbocycles. The summed E-state index contributed by atoms with van der Waals surface area (Å²) in [6.07, 6.45) is -5.20. The van der Waals surface area contributed by atoms with Crippen LogP contribution >= 0.6 is 12.4 Å². The maximum absolute atomic E-state index is 12.9. The summed E-state index contributed by atoms with van der Waals surface area (Å²) in [6.45, 7) is 2.42. The van der Waals surface area contributed by atoms with Crippen LogP contribution < -0.4 is 10.1 Å². The van der Waals surface area contributed by atoms with Gasteiger partial charge in [0, 0.05) is 43.9 Å². The van der Waals surface area contributed by atoms with Crippen molar-refractivity contribution in [2.24, 2.45) is 0 Å². The van der Waals surface area contributed by atoms with Crippen molar-refractivity contribution >= 4 is 12.4 Å². The molecule has 1 aliphatic heterocycles. The van der Waals surface area contributed by atoms with Crippen molar-refractivity contribution in [3.8, 4) is 11.5 Å². The molecule has 22 heavy (non-hydrogen) atoms. The third kappa shape index (κ3) is 4.93. The molecular weight excluding hydrogens is 321 g/mol. The number of hydrogen-bond acceptors (Lipinski definition) is 4. The number of phenols is 1. The molecule has 1 saturated heterocycles. The molecule has 1 fully saturated rings. The summed E-state index contributed by atoms with van der Waals surface area (Å²) < 4.78 is 43.9. The smallest absolute Gasteiger partial charge is 0.390 e. The van der Waals surface area contributed by atoms with Gasteiger partial charge in [0.15, 0.2) is 0 Å². The van der Waals surface area contributed by atoms with Crippen LogP contribution in [0.15, 0.2) is 18.2 Å². The van der Waals surface area contributed by atoms with Crippen LogP contribution in [0, 0.1) is 0 Å². The third-order valence-corrected chi connectivity index (χ3v) is 3.59. The number of hydrogen-bond donors (Lipinski definition) is 2. The monoisotopic (exact) mass is 340 g/mol. The number of phenolic OH excluding ortho intramolecular Hbond substituents is 1. The van der Waals surface area contributed by atoms with Crippen molar-refractivity contribution in [3.05, 3.63) is 23.8 Å². The van der Waals surface area contributed by atoms with Crippen LogP contribution in [-0.2, 0) is 0 Å². The van der Waals surface area contributed by atoms with Gasteiger partial charge in [-0.1, -0.05) is 6.07 Å². The first-order valence-corrected chi connectivity index (χ1v) is 6.79. The summed E-state index contributed by atoms with van der Waals surface area (Å²) in [5, 5.41) is 12.6. The van der Waals surface area contributed by atoms with Crippen molar-refractivity contribution in [1.82, 2.24) is 10.2 Å². The molecule has 0 unspecified atom stereocenters. The standard InChI is InChI=1S/C14H19F3N2O2.ClH/c1-21-13-8-10(20)2-3-11(13)12(9-14(15,16)17)19-6-4-18-5-7-19;/h2-3,8,12,18,20H,4-7,9H2,1H3;1H/t12-;/m1./s1. The Morgan fingerprint density at radius 3 is 2.50 bits per heavy atom. The van der Waals surface area contributed by atoms with Gasteiger partial charge in [-0.05, 0) is 6.07 Å². The highest BCUT2D eigenvalue weighted by atomic mass is 35.5. The van der Waals surface area contributed by atoms with Crippen molar-refractivity contribution < 1.29 is 23.0 Å². The molecule has 0 aromatic heterocycles. The summed E-state index contributed by atoms with van der Waals surface area (Å²) in [7, 11) is 1.39. The van der Waals surface area contributed by atoms with Gasteiger partial charge in [0.1, 0.15) is 11.5 Å². The summed E-state index contributed by atoms with van der Waals surface area (Å²) in [6, 6.07) is 3.44. The van der Waals surface area contributed by atoms with Gasteiger partial charge in [0.25, 0.3) is 0 Å². The van der Waals surface area contributed by atoms with E-state index in [2.05, 4.69) is 5.32 Å². The van der Waals surface area contributed by atoms with Gasteiger partial charge in [-0.3, -0.25) is 4.90 Å². The molecule has 0 radical (unpaired) electrons. The number of rotatable bonds is 4. The number of halogens is 4. The lowest BCUT2D eigenvalue weighted by atomic mass is 9.99. The molecule has 0 amide bonds. The lowest BCUT2D eigenvalue weighted by molar-refractivity contribution is -0.148. The van der Waals surface area contributed by atoms with Crippen molar-refractivity contribution in [2.75, 3.05) is 33.3 Å². The number of nitrogens with zero attached hydrogens (tertiary/aromatic N) is 1. The Bertz CT molecular complexity index is 480. The average molecular weight is 341 g/mol. The second-order valence-electron chi connectivity index (χ2n) is 5.05. The molecule has 1 aliphatic rings. The van der Waals surface area contributed by atoms with Crippen molar-refractivity contribution in [2.45, 2.75) is 18.6 Å². The number of alkyl halides is 3. The Hall–Kier alpha value is -1.18. The fourth-order valence-electron chi connectivity index (χ4n) is 2.62. The van der Waals surface area contributed by atoms with Crippen molar-refractivity contribution in [1.29, 1.82) is 0 Å². The van der Waals surface area contributed by atoms with E-state index in [4.69, 9.17) is 4.74 Å². The topological polar surface area (TPSA) is 44.7 Å². The maximum Gasteiger partial charge on any atom is 0.390 e. The number of aromatic hydroxyl groups is 1. The van der Waals surface area contributed by atoms with Crippen LogP contribution in [0.4, 0.5) is 13.2 Å². The molecule has 0 spiro atoms. The van der Waals surface area contributed by atoms with E-state index in [0.29, 0.717) is 31.7 Å². The average Bonchev–Trinajstić information content (AvgIpc) is 2.45. The van der Waals surface area contributed by atoms with Gasteiger partial charge in [-0.15, -0.1) is 12.4 Å². The normalized spacial score (nSPS) is 17.6. The molecule has 2 N–H and O–H groups in total. The zero-order valence-corrected chi connectivity index (χ0v) is 13.0. The highest BCUT2D eigenvalue weighted by Crippen LogP contribution is 2.39. The van der Waals surface area contributed by atoms with Gasteiger partial charge in [-0.25, -0.2) is 0 Å². The minimum absolute atomic E-state index is 0. The Morgan fingerprint density at radius 1 is 1.32 bits per heavy atom. The first-order valence-electron chi connectivity index (χ1n) is 6.79. The van der Waals surface area contributed by atoms with E-state index in [1.54, 1.807) is 4.90 Å². The summed E-state index contributed by atoms with van der Waals surface area (Å²) in [5.41, 5.74) is 0.453. The third-order valence-electron chi connectivity index (χ3n) is 3.59. The van der Waals surface area contributed by atoms with Crippen LogP contribution in [-0.4, -0.2) is 49.5 Å². The summed E-state index contributed by atoms with van der Waals surface area (Å²) >= 11 is 0. The molecule has 1 atom stereocenters. The Kier molecular flexibility index (Phi) is 6.77. The molecule has 1 aromatic rings. The van der Waals surface area contributed by atoms with E-state index in [-0.39, 0.29) is 23.9 Å². The van der Waals surface area contributed by atoms with E-state index in [0.717, 1.165) is 0 Å². The van der Waals surface area contributed by atoms with E-state index in [1.807, 2.05) is 0 Å². The first kappa shape index (κ1) is 18.9. The van der Waals surface area contributed by atoms with Crippen LogP contribution in [0.3, 0.4) is 0 Å². The highest BCUT2D eigenvalue weighted by molar-refractivity contribution is 5.85. The number of ether oxygens (including phenoxy) is 1. The zero-order valence-electron chi connectivity index (χ0n) is 12.2. The van der Waals surface area contributed by atoms with Crippen LogP contribution in [0.5, 0.6) is 11.5 Å². The van der Waals surface area contributed by atoms with E-state index in [9.17, 15) is 18.3 Å². The molecular formula is C14H20ClF3N2O2. The largest absolute Gasteiger partial charge is 0.508 e. The SMILES string of the molecule is COc1cc(O)ccc1[C@@H](CC(F)(F)F)N1CCNCC1.Cl. The Labute approximate surface area is 133 Å². The predicted molar refractivity (Wildman–Crippen MR) is 79.8 cm³/mol. The molecule has 126 valence electrons.